The van der Waals surface area contributed by atoms with Crippen molar-refractivity contribution in [3.05, 3.63) is 53.6 Å². The van der Waals surface area contributed by atoms with Crippen LogP contribution in [0.5, 0.6) is 0 Å². The molecule has 23 heavy (non-hydrogen) atoms. The Labute approximate surface area is 136 Å². The molecule has 2 aromatic rings. The number of aryl methyl sites for hydroxylation is 1. The van der Waals surface area contributed by atoms with Crippen LogP contribution in [0.1, 0.15) is 29.4 Å². The van der Waals surface area contributed by atoms with Crippen LogP contribution >= 0.6 is 0 Å². The Balaban J connectivity index is 1.85. The van der Waals surface area contributed by atoms with Crippen LogP contribution in [0.15, 0.2) is 36.7 Å². The molecule has 1 saturated heterocycles. The van der Waals surface area contributed by atoms with E-state index >= 15 is 0 Å². The highest BCUT2D eigenvalue weighted by Crippen LogP contribution is 2.34. The molecule has 1 unspecified atom stereocenters. The van der Waals surface area contributed by atoms with E-state index in [0.717, 1.165) is 11.1 Å². The molecule has 0 bridgehead atoms. The minimum Gasteiger partial charge on any atom is -0.380 e. The maximum absolute atomic E-state index is 12.9. The van der Waals surface area contributed by atoms with Crippen LogP contribution in [0.4, 0.5) is 0 Å². The monoisotopic (exact) mass is 335 g/mol. The Bertz CT molecular complexity index is 741. The van der Waals surface area contributed by atoms with E-state index in [1.54, 1.807) is 19.5 Å². The molecule has 0 spiro atoms. The largest absolute Gasteiger partial charge is 0.380 e. The summed E-state index contributed by atoms with van der Waals surface area (Å²) >= 11 is 0. The van der Waals surface area contributed by atoms with E-state index in [9.17, 15) is 8.42 Å². The molecule has 0 aliphatic carbocycles. The topological polar surface area (TPSA) is 75.3 Å². The minimum atomic E-state index is -3.45. The molecule has 1 aromatic carbocycles. The second kappa shape index (κ2) is 6.43. The second-order valence-electron chi connectivity index (χ2n) is 5.90. The SMILES string of the molecule is CO[C@@H]1CC(c2ncc[nH]2)N(S(=O)(=O)Cc2ccc(C)cc2)C1. The third-order valence-electron chi connectivity index (χ3n) is 4.21. The van der Waals surface area contributed by atoms with Gasteiger partial charge in [-0.25, -0.2) is 13.4 Å². The van der Waals surface area contributed by atoms with Crippen molar-refractivity contribution in [3.8, 4) is 0 Å². The molecule has 3 rings (SSSR count). The van der Waals surface area contributed by atoms with E-state index in [-0.39, 0.29) is 17.9 Å². The molecule has 1 aliphatic rings. The van der Waals surface area contributed by atoms with Crippen LogP contribution in [0.2, 0.25) is 0 Å². The Morgan fingerprint density at radius 3 is 2.70 bits per heavy atom. The molecular weight excluding hydrogens is 314 g/mol. The first kappa shape index (κ1) is 16.2. The number of hydrogen-bond donors (Lipinski definition) is 1. The number of nitrogens with one attached hydrogen (secondary N) is 1. The van der Waals surface area contributed by atoms with Crippen LogP contribution in [-0.4, -0.2) is 42.4 Å². The molecule has 7 heteroatoms. The number of nitrogens with zero attached hydrogens (tertiary/aromatic N) is 2. The average Bonchev–Trinajstić information content (AvgIpc) is 3.18. The fraction of sp³-hybridized carbons (Fsp3) is 0.438. The van der Waals surface area contributed by atoms with E-state index in [0.29, 0.717) is 18.8 Å². The highest BCUT2D eigenvalue weighted by atomic mass is 32.2. The summed E-state index contributed by atoms with van der Waals surface area (Å²) in [5.41, 5.74) is 1.90. The first-order valence-electron chi connectivity index (χ1n) is 7.57. The zero-order valence-corrected chi connectivity index (χ0v) is 14.1. The predicted molar refractivity (Wildman–Crippen MR) is 87.3 cm³/mol. The fourth-order valence-electron chi connectivity index (χ4n) is 2.93. The van der Waals surface area contributed by atoms with Crippen molar-refractivity contribution in [1.82, 2.24) is 14.3 Å². The Morgan fingerprint density at radius 1 is 1.35 bits per heavy atom. The Morgan fingerprint density at radius 2 is 2.09 bits per heavy atom. The molecule has 0 saturated carbocycles. The molecular formula is C16H21N3O3S. The zero-order valence-electron chi connectivity index (χ0n) is 13.3. The molecule has 2 heterocycles. The third kappa shape index (κ3) is 3.46. The normalized spacial score (nSPS) is 22.5. The molecule has 1 aliphatic heterocycles. The van der Waals surface area contributed by atoms with Gasteiger partial charge >= 0.3 is 0 Å². The number of aromatic nitrogens is 2. The van der Waals surface area contributed by atoms with E-state index in [2.05, 4.69) is 9.97 Å². The van der Waals surface area contributed by atoms with Crippen molar-refractivity contribution in [2.75, 3.05) is 13.7 Å². The first-order valence-corrected chi connectivity index (χ1v) is 9.17. The van der Waals surface area contributed by atoms with Crippen molar-refractivity contribution in [3.63, 3.8) is 0 Å². The van der Waals surface area contributed by atoms with Gasteiger partial charge in [-0.3, -0.25) is 0 Å². The highest BCUT2D eigenvalue weighted by molar-refractivity contribution is 7.88. The number of H-pyrrole nitrogens is 1. The summed E-state index contributed by atoms with van der Waals surface area (Å²) in [6, 6.07) is 7.27. The number of benzene rings is 1. The maximum Gasteiger partial charge on any atom is 0.219 e. The van der Waals surface area contributed by atoms with Gasteiger partial charge < -0.3 is 9.72 Å². The van der Waals surface area contributed by atoms with E-state index in [1.807, 2.05) is 31.2 Å². The molecule has 6 nitrogen and oxygen atoms in total. The summed E-state index contributed by atoms with van der Waals surface area (Å²) in [5, 5.41) is 0. The smallest absolute Gasteiger partial charge is 0.219 e. The molecule has 0 amide bonds. The average molecular weight is 335 g/mol. The molecule has 124 valence electrons. The van der Waals surface area contributed by atoms with Crippen molar-refractivity contribution >= 4 is 10.0 Å². The van der Waals surface area contributed by atoms with E-state index < -0.39 is 10.0 Å². The van der Waals surface area contributed by atoms with Gasteiger partial charge in [-0.1, -0.05) is 29.8 Å². The van der Waals surface area contributed by atoms with E-state index in [4.69, 9.17) is 4.74 Å². The summed E-state index contributed by atoms with van der Waals surface area (Å²) in [6.45, 7) is 2.34. The number of methoxy groups -OCH3 is 1. The van der Waals surface area contributed by atoms with Gasteiger partial charge in [0.15, 0.2) is 0 Å². The highest BCUT2D eigenvalue weighted by Gasteiger charge is 2.41. The van der Waals surface area contributed by atoms with Crippen molar-refractivity contribution in [1.29, 1.82) is 0 Å². The van der Waals surface area contributed by atoms with Gasteiger partial charge in [-0.2, -0.15) is 4.31 Å². The van der Waals surface area contributed by atoms with Crippen molar-refractivity contribution in [2.24, 2.45) is 0 Å². The van der Waals surface area contributed by atoms with E-state index in [1.165, 1.54) is 4.31 Å². The van der Waals surface area contributed by atoms with Gasteiger partial charge in [-0.15, -0.1) is 0 Å². The predicted octanol–water partition coefficient (Wildman–Crippen LogP) is 2.01. The lowest BCUT2D eigenvalue weighted by Crippen LogP contribution is -2.33. The summed E-state index contributed by atoms with van der Waals surface area (Å²) < 4.78 is 32.7. The number of ether oxygens (including phenoxy) is 1. The Hall–Kier alpha value is -1.70. The lowest BCUT2D eigenvalue weighted by molar-refractivity contribution is 0.114. The standard InChI is InChI=1S/C16H21N3O3S/c1-12-3-5-13(6-4-12)11-23(20,21)19-10-14(22-2)9-15(19)16-17-7-8-18-16/h3-8,14-15H,9-11H2,1-2H3,(H,17,18)/t14-,15?/m1/s1. The van der Waals surface area contributed by atoms with Crippen molar-refractivity contribution < 1.29 is 13.2 Å². The first-order chi connectivity index (χ1) is 11.0. The third-order valence-corrected chi connectivity index (χ3v) is 6.03. The van der Waals surface area contributed by atoms with Crippen molar-refractivity contribution in [2.45, 2.75) is 31.2 Å². The van der Waals surface area contributed by atoms with Crippen LogP contribution in [0, 0.1) is 6.92 Å². The lowest BCUT2D eigenvalue weighted by atomic mass is 10.2. The summed E-state index contributed by atoms with van der Waals surface area (Å²) in [6.07, 6.45) is 3.84. The molecule has 0 radical (unpaired) electrons. The summed E-state index contributed by atoms with van der Waals surface area (Å²) in [5.74, 6) is 0.651. The van der Waals surface area contributed by atoms with Gasteiger partial charge in [0.05, 0.1) is 17.9 Å². The number of imidazole rings is 1. The Kier molecular flexibility index (Phi) is 4.52. The lowest BCUT2D eigenvalue weighted by Gasteiger charge is -2.22. The van der Waals surface area contributed by atoms with Gasteiger partial charge in [-0.05, 0) is 18.9 Å². The molecule has 1 N–H and O–H groups in total. The van der Waals surface area contributed by atoms with Crippen LogP contribution in [0.3, 0.4) is 0 Å². The molecule has 1 aromatic heterocycles. The zero-order chi connectivity index (χ0) is 16.4. The summed E-state index contributed by atoms with van der Waals surface area (Å²) in [4.78, 5) is 7.26. The summed E-state index contributed by atoms with van der Waals surface area (Å²) in [7, 11) is -1.84. The minimum absolute atomic E-state index is 0.0130. The number of sulfonamides is 1. The number of rotatable bonds is 5. The van der Waals surface area contributed by atoms with Gasteiger partial charge in [0.2, 0.25) is 10.0 Å². The van der Waals surface area contributed by atoms with Crippen LogP contribution < -0.4 is 0 Å². The fourth-order valence-corrected chi connectivity index (χ4v) is 4.68. The van der Waals surface area contributed by atoms with Gasteiger partial charge in [0.1, 0.15) is 5.82 Å². The van der Waals surface area contributed by atoms with Crippen LogP contribution in [0.25, 0.3) is 0 Å². The number of hydrogen-bond acceptors (Lipinski definition) is 4. The quantitative estimate of drug-likeness (QED) is 0.907. The maximum atomic E-state index is 12.9. The second-order valence-corrected chi connectivity index (χ2v) is 7.82. The van der Waals surface area contributed by atoms with Gasteiger partial charge in [0.25, 0.3) is 0 Å². The molecule has 1 fully saturated rings. The van der Waals surface area contributed by atoms with Gasteiger partial charge in [0, 0.05) is 26.0 Å². The molecule has 2 atom stereocenters. The number of aromatic amines is 1. The van der Waals surface area contributed by atoms with Crippen LogP contribution in [-0.2, 0) is 20.5 Å².